The summed E-state index contributed by atoms with van der Waals surface area (Å²) < 4.78 is 103. The van der Waals surface area contributed by atoms with Gasteiger partial charge in [-0.3, -0.25) is 0 Å². The Labute approximate surface area is 310 Å². The van der Waals surface area contributed by atoms with E-state index in [1.807, 2.05) is 0 Å². The summed E-state index contributed by atoms with van der Waals surface area (Å²) in [6, 6.07) is 24.8. The van der Waals surface area contributed by atoms with E-state index >= 15 is 0 Å². The number of hydrogen-bond acceptors (Lipinski definition) is 14. The molecule has 0 unspecified atom stereocenters. The fraction of sp³-hybridized carbons (Fsp3) is 0.167. The first-order valence-corrected chi connectivity index (χ1v) is 16.2. The molecular weight excluding hydrogens is 758 g/mol. The second-order valence-electron chi connectivity index (χ2n) is 11.5. The van der Waals surface area contributed by atoms with Crippen LogP contribution in [-0.2, 0) is 9.68 Å². The van der Waals surface area contributed by atoms with E-state index < -0.39 is 24.9 Å². The molecule has 0 fully saturated rings. The highest BCUT2D eigenvalue weighted by molar-refractivity contribution is 5.81. The maximum Gasteiger partial charge on any atom is 0.573 e. The summed E-state index contributed by atoms with van der Waals surface area (Å²) in [5, 5.41) is 22.7. The van der Waals surface area contributed by atoms with Gasteiger partial charge in [0.15, 0.2) is 12.2 Å². The average molecular weight is 783 g/mol. The molecule has 0 saturated carbocycles. The SMILES string of the molecule is FC(F)(F)Oc1ccc([C@@H]2CC(Oc3cccc(-c4nnco4)c3)=NO2)cc1.FC(F)(F)Oc1ccc([C@H]2CC(Oc3cccc(-c4nnco4)c3)=NO2)cc1. The Morgan fingerprint density at radius 3 is 1.29 bits per heavy atom. The van der Waals surface area contributed by atoms with Crippen LogP contribution in [0.2, 0.25) is 0 Å². The zero-order valence-electron chi connectivity index (χ0n) is 28.2. The lowest BCUT2D eigenvalue weighted by atomic mass is 10.1. The van der Waals surface area contributed by atoms with Gasteiger partial charge < -0.3 is 37.5 Å². The Morgan fingerprint density at radius 2 is 0.929 bits per heavy atom. The van der Waals surface area contributed by atoms with Crippen molar-refractivity contribution < 1.29 is 63.8 Å². The molecule has 4 heterocycles. The van der Waals surface area contributed by atoms with E-state index in [1.54, 1.807) is 48.5 Å². The van der Waals surface area contributed by atoms with Crippen molar-refractivity contribution in [1.29, 1.82) is 0 Å². The van der Waals surface area contributed by atoms with Crippen LogP contribution in [0.25, 0.3) is 22.9 Å². The molecule has 2 atom stereocenters. The van der Waals surface area contributed by atoms with Gasteiger partial charge in [-0.15, -0.1) is 46.7 Å². The maximum absolute atomic E-state index is 12.2. The predicted octanol–water partition coefficient (Wildman–Crippen LogP) is 8.98. The molecule has 0 N–H and O–H groups in total. The Kier molecular flexibility index (Phi) is 10.7. The van der Waals surface area contributed by atoms with Crippen LogP contribution in [0, 0.1) is 0 Å². The van der Waals surface area contributed by atoms with Crippen molar-refractivity contribution >= 4 is 11.8 Å². The van der Waals surface area contributed by atoms with Gasteiger partial charge in [0.2, 0.25) is 36.4 Å². The third-order valence-electron chi connectivity index (χ3n) is 7.61. The molecule has 20 heteroatoms. The number of hydrogen-bond donors (Lipinski definition) is 0. The number of oxime groups is 2. The first-order chi connectivity index (χ1) is 26.9. The van der Waals surface area contributed by atoms with Crippen molar-refractivity contribution in [1.82, 2.24) is 20.4 Å². The minimum absolute atomic E-state index is 0.301. The van der Waals surface area contributed by atoms with Gasteiger partial charge in [-0.05, 0) is 71.8 Å². The standard InChI is InChI=1S/2C18H12F3N3O4/c2*19-18(20,21)27-13-6-4-11(5-7-13)15-9-16(24-28-15)26-14-3-1-2-12(8-14)17-23-22-10-25-17/h2*1-8,10,15H,9H2/t2*15-/m10/s1. The summed E-state index contributed by atoms with van der Waals surface area (Å²) in [6.07, 6.45) is -7.28. The molecule has 0 bridgehead atoms. The van der Waals surface area contributed by atoms with Gasteiger partial charge in [0.05, 0.1) is 12.8 Å². The van der Waals surface area contributed by atoms with Crippen LogP contribution >= 0.6 is 0 Å². The summed E-state index contributed by atoms with van der Waals surface area (Å²) in [6.45, 7) is 0. The topological polar surface area (TPSA) is 158 Å². The van der Waals surface area contributed by atoms with E-state index in [9.17, 15) is 26.3 Å². The Hall–Kier alpha value is -7.12. The van der Waals surface area contributed by atoms with E-state index in [4.69, 9.17) is 28.0 Å². The van der Waals surface area contributed by atoms with Crippen molar-refractivity contribution in [3.8, 4) is 45.9 Å². The van der Waals surface area contributed by atoms with Crippen LogP contribution in [0.4, 0.5) is 26.3 Å². The normalized spacial score (nSPS) is 16.4. The number of aromatic nitrogens is 4. The number of benzene rings is 4. The number of ether oxygens (including phenoxy) is 4. The zero-order chi connectivity index (χ0) is 39.1. The van der Waals surface area contributed by atoms with Gasteiger partial charge in [0.25, 0.3) is 0 Å². The van der Waals surface area contributed by atoms with Crippen LogP contribution in [0.15, 0.2) is 129 Å². The molecule has 14 nitrogen and oxygen atoms in total. The lowest BCUT2D eigenvalue weighted by Crippen LogP contribution is -2.17. The summed E-state index contributed by atoms with van der Waals surface area (Å²) in [4.78, 5) is 10.7. The first kappa shape index (κ1) is 37.2. The lowest BCUT2D eigenvalue weighted by molar-refractivity contribution is -0.275. The van der Waals surface area contributed by atoms with Crippen LogP contribution in [0.3, 0.4) is 0 Å². The van der Waals surface area contributed by atoms with Crippen molar-refractivity contribution in [3.05, 3.63) is 121 Å². The molecule has 288 valence electrons. The summed E-state index contributed by atoms with van der Waals surface area (Å²) in [5.41, 5.74) is 2.67. The van der Waals surface area contributed by atoms with Gasteiger partial charge in [0.1, 0.15) is 23.0 Å². The summed E-state index contributed by atoms with van der Waals surface area (Å²) in [7, 11) is 0. The van der Waals surface area contributed by atoms with Crippen molar-refractivity contribution in [2.45, 2.75) is 37.8 Å². The molecule has 0 radical (unpaired) electrons. The smallest absolute Gasteiger partial charge is 0.440 e. The third-order valence-corrected chi connectivity index (χ3v) is 7.61. The van der Waals surface area contributed by atoms with Gasteiger partial charge in [-0.25, -0.2) is 0 Å². The molecule has 6 aromatic rings. The fourth-order valence-corrected chi connectivity index (χ4v) is 5.21. The highest BCUT2D eigenvalue weighted by Crippen LogP contribution is 2.33. The molecule has 56 heavy (non-hydrogen) atoms. The molecule has 0 spiro atoms. The number of nitrogens with zero attached hydrogens (tertiary/aromatic N) is 6. The second kappa shape index (κ2) is 16.1. The van der Waals surface area contributed by atoms with E-state index in [-0.39, 0.29) is 11.5 Å². The number of alkyl halides is 6. The molecule has 0 aliphatic carbocycles. The van der Waals surface area contributed by atoms with Gasteiger partial charge in [0, 0.05) is 11.1 Å². The third kappa shape index (κ3) is 10.1. The Bertz CT molecular complexity index is 2110. The van der Waals surface area contributed by atoms with Gasteiger partial charge >= 0.3 is 12.7 Å². The maximum atomic E-state index is 12.2. The van der Waals surface area contributed by atoms with E-state index in [1.165, 1.54) is 61.3 Å². The molecule has 2 aliphatic rings. The monoisotopic (exact) mass is 782 g/mol. The van der Waals surface area contributed by atoms with Crippen molar-refractivity contribution in [3.63, 3.8) is 0 Å². The minimum atomic E-state index is -4.73. The molecule has 2 aromatic heterocycles. The van der Waals surface area contributed by atoms with Crippen molar-refractivity contribution in [2.24, 2.45) is 10.3 Å². The van der Waals surface area contributed by atoms with Crippen LogP contribution in [0.1, 0.15) is 36.2 Å². The lowest BCUT2D eigenvalue weighted by Gasteiger charge is -2.11. The van der Waals surface area contributed by atoms with Gasteiger partial charge in [-0.1, -0.05) is 46.7 Å². The predicted molar refractivity (Wildman–Crippen MR) is 179 cm³/mol. The average Bonchev–Trinajstić information content (AvgIpc) is 4.01. The Morgan fingerprint density at radius 1 is 0.518 bits per heavy atom. The van der Waals surface area contributed by atoms with E-state index in [0.29, 0.717) is 70.2 Å². The second-order valence-corrected chi connectivity index (χ2v) is 11.5. The molecule has 2 aliphatic heterocycles. The molecule has 8 rings (SSSR count). The molecule has 0 saturated heterocycles. The minimum Gasteiger partial charge on any atom is -0.440 e. The van der Waals surface area contributed by atoms with Crippen LogP contribution < -0.4 is 18.9 Å². The summed E-state index contributed by atoms with van der Waals surface area (Å²) in [5.74, 6) is 1.80. The quantitative estimate of drug-likeness (QED) is 0.135. The molecule has 0 amide bonds. The van der Waals surface area contributed by atoms with E-state index in [0.717, 1.165) is 0 Å². The molecular formula is C36H24F6N6O8. The van der Waals surface area contributed by atoms with Gasteiger partial charge in [-0.2, -0.15) is 0 Å². The first-order valence-electron chi connectivity index (χ1n) is 16.2. The highest BCUT2D eigenvalue weighted by Gasteiger charge is 2.33. The fourth-order valence-electron chi connectivity index (χ4n) is 5.21. The Balaban J connectivity index is 0.000000172. The highest BCUT2D eigenvalue weighted by atomic mass is 19.4. The number of halogens is 6. The van der Waals surface area contributed by atoms with E-state index in [2.05, 4.69) is 40.2 Å². The largest absolute Gasteiger partial charge is 0.573 e. The van der Waals surface area contributed by atoms with Crippen LogP contribution in [0.5, 0.6) is 23.0 Å². The van der Waals surface area contributed by atoms with Crippen LogP contribution in [-0.4, -0.2) is 44.9 Å². The molecule has 4 aromatic carbocycles. The number of rotatable bonds is 8. The summed E-state index contributed by atoms with van der Waals surface area (Å²) >= 11 is 0. The van der Waals surface area contributed by atoms with Crippen molar-refractivity contribution in [2.75, 3.05) is 0 Å². The zero-order valence-corrected chi connectivity index (χ0v) is 28.2.